The normalized spacial score (nSPS) is 15.0. The second kappa shape index (κ2) is 23.7. The summed E-state index contributed by atoms with van der Waals surface area (Å²) >= 11 is 8.63. The molecule has 4 atom stereocenters. The van der Waals surface area contributed by atoms with Crippen LogP contribution in [0.2, 0.25) is 5.02 Å². The number of thioether (sulfide) groups is 2. The van der Waals surface area contributed by atoms with Crippen molar-refractivity contribution in [2.75, 3.05) is 42.6 Å². The number of fused-ring (bicyclic) bond motifs is 1. The van der Waals surface area contributed by atoms with Crippen LogP contribution < -0.4 is 26.0 Å². The number of halogens is 1. The molecular formula is C46H52ClN7O10S3. The third-order valence-corrected chi connectivity index (χ3v) is 13.8. The number of aliphatic hydroxyl groups is 1. The van der Waals surface area contributed by atoms with Gasteiger partial charge in [-0.15, -0.1) is 11.8 Å². The summed E-state index contributed by atoms with van der Waals surface area (Å²) in [4.78, 5) is 68.5. The van der Waals surface area contributed by atoms with Crippen LogP contribution in [0.3, 0.4) is 0 Å². The molecule has 1 saturated heterocycles. The number of amides is 4. The average Bonchev–Trinajstić information content (AvgIpc) is 3.81. The number of pyridine rings is 1. The highest BCUT2D eigenvalue weighted by molar-refractivity contribution is 7.99. The molecule has 356 valence electrons. The van der Waals surface area contributed by atoms with Crippen LogP contribution >= 0.6 is 35.1 Å². The van der Waals surface area contributed by atoms with Crippen LogP contribution in [0.4, 0.5) is 11.4 Å². The Bertz CT molecular complexity index is 2670. The lowest BCUT2D eigenvalue weighted by Crippen LogP contribution is -2.59. The Balaban J connectivity index is 0.000000333. The highest BCUT2D eigenvalue weighted by Crippen LogP contribution is 2.34. The molecule has 5 aromatic rings. The number of aliphatic hydroxyl groups excluding tert-OH is 1. The van der Waals surface area contributed by atoms with Gasteiger partial charge >= 0.3 is 0 Å². The molecule has 4 aromatic carbocycles. The van der Waals surface area contributed by atoms with Crippen molar-refractivity contribution >= 4 is 90.7 Å². The Labute approximate surface area is 402 Å². The van der Waals surface area contributed by atoms with E-state index in [1.165, 1.54) is 64.8 Å². The van der Waals surface area contributed by atoms with E-state index in [1.807, 2.05) is 57.2 Å². The number of nitro benzene ring substituents is 1. The van der Waals surface area contributed by atoms with Gasteiger partial charge in [0, 0.05) is 58.3 Å². The van der Waals surface area contributed by atoms with Crippen molar-refractivity contribution in [3.63, 3.8) is 0 Å². The first-order valence-corrected chi connectivity index (χ1v) is 25.2. The third kappa shape index (κ3) is 14.1. The van der Waals surface area contributed by atoms with Gasteiger partial charge in [0.2, 0.25) is 21.7 Å². The fourth-order valence-electron chi connectivity index (χ4n) is 6.89. The molecule has 0 saturated carbocycles. The van der Waals surface area contributed by atoms with Gasteiger partial charge in [-0.2, -0.15) is 11.8 Å². The smallest absolute Gasteiger partial charge is 0.288 e. The Morgan fingerprint density at radius 2 is 1.72 bits per heavy atom. The molecule has 1 fully saturated rings. The molecule has 1 aromatic heterocycles. The molecule has 4 amide bonds. The molecule has 2 heterocycles. The van der Waals surface area contributed by atoms with Crippen LogP contribution in [-0.4, -0.2) is 119 Å². The summed E-state index contributed by atoms with van der Waals surface area (Å²) in [7, 11) is -2.51. The predicted octanol–water partition coefficient (Wildman–Crippen LogP) is 5.49. The van der Waals surface area contributed by atoms with Gasteiger partial charge in [-0.3, -0.25) is 34.3 Å². The molecule has 0 unspecified atom stereocenters. The second-order valence-corrected chi connectivity index (χ2v) is 20.4. The SMILES string of the molecule is CNc1ccc(Cl)cc1S(=O)(=O)c1ccccc1[N+](=O)[O-].CSC[C@H](NC(=O)COc1cccc2cnccc12)C(=O)N[C@@H](Cc1ccccc1)[C@H](O)C(=O)N1CSC[C@H]1C(=O)NC(C)(C)C. The van der Waals surface area contributed by atoms with E-state index in [9.17, 15) is 42.8 Å². The lowest BCUT2D eigenvalue weighted by atomic mass is 9.99. The van der Waals surface area contributed by atoms with E-state index in [1.54, 1.807) is 43.9 Å². The predicted molar refractivity (Wildman–Crippen MR) is 261 cm³/mol. The first kappa shape index (κ1) is 52.0. The number of carbonyl (C=O) groups excluding carboxylic acids is 4. The molecule has 1 aliphatic heterocycles. The maximum atomic E-state index is 13.7. The minimum absolute atomic E-state index is 0.105. The number of carbonyl (C=O) groups is 4. The Morgan fingerprint density at radius 1 is 1.00 bits per heavy atom. The highest BCUT2D eigenvalue weighted by Gasteiger charge is 2.41. The quantitative estimate of drug-likeness (QED) is 0.0573. The lowest BCUT2D eigenvalue weighted by Gasteiger charge is -2.32. The lowest BCUT2D eigenvalue weighted by molar-refractivity contribution is -0.387. The van der Waals surface area contributed by atoms with E-state index in [0.29, 0.717) is 17.2 Å². The van der Waals surface area contributed by atoms with Gasteiger partial charge in [0.25, 0.3) is 17.5 Å². The molecule has 17 nitrogen and oxygen atoms in total. The summed E-state index contributed by atoms with van der Waals surface area (Å²) in [6.07, 6.45) is 3.67. The molecule has 6 rings (SSSR count). The molecule has 21 heteroatoms. The third-order valence-electron chi connectivity index (χ3n) is 10.1. The van der Waals surface area contributed by atoms with E-state index in [0.717, 1.165) is 22.4 Å². The van der Waals surface area contributed by atoms with E-state index in [-0.39, 0.29) is 45.4 Å². The van der Waals surface area contributed by atoms with Crippen LogP contribution in [0, 0.1) is 10.1 Å². The van der Waals surface area contributed by atoms with Crippen molar-refractivity contribution in [1.29, 1.82) is 0 Å². The number of nitrogens with zero attached hydrogens (tertiary/aromatic N) is 3. The number of rotatable bonds is 17. The highest BCUT2D eigenvalue weighted by atomic mass is 35.5. The molecule has 0 bridgehead atoms. The van der Waals surface area contributed by atoms with Crippen molar-refractivity contribution in [3.8, 4) is 5.75 Å². The van der Waals surface area contributed by atoms with Gasteiger partial charge in [0.15, 0.2) is 12.7 Å². The zero-order valence-corrected chi connectivity index (χ0v) is 40.5. The number of para-hydroxylation sites is 1. The van der Waals surface area contributed by atoms with Gasteiger partial charge in [0.05, 0.1) is 27.4 Å². The van der Waals surface area contributed by atoms with Gasteiger partial charge in [0.1, 0.15) is 22.7 Å². The number of nitrogens with one attached hydrogen (secondary N) is 4. The van der Waals surface area contributed by atoms with Gasteiger partial charge in [-0.05, 0) is 75.4 Å². The van der Waals surface area contributed by atoms with E-state index < -0.39 is 67.9 Å². The molecule has 5 N–H and O–H groups in total. The minimum atomic E-state index is -4.07. The maximum Gasteiger partial charge on any atom is 0.288 e. The second-order valence-electron chi connectivity index (χ2n) is 16.1. The standard InChI is InChI=1S/C33H41N5O6S2.C13H11ClN2O4S/c1-33(2,3)37-31(42)26-19-46-20-38(26)32(43)29(40)24(15-21-9-6-5-7-10-21)36-30(41)25(18-45-4)35-28(39)17-44-27-12-8-11-22-16-34-14-13-23(22)27;1-15-10-7-6-9(14)8-13(10)21(19,20)12-5-3-2-4-11(12)16(17)18/h5-14,16,24-26,29,40H,15,17-20H2,1-4H3,(H,35,39)(H,36,41)(H,37,42);2-8,15H,1H3/t24-,25-,26-,29-;/m0./s1. The monoisotopic (exact) mass is 993 g/mol. The molecule has 0 aliphatic carbocycles. The zero-order chi connectivity index (χ0) is 48.9. The van der Waals surface area contributed by atoms with Crippen molar-refractivity contribution in [2.24, 2.45) is 0 Å². The summed E-state index contributed by atoms with van der Waals surface area (Å²) in [5.74, 6) is -0.602. The summed E-state index contributed by atoms with van der Waals surface area (Å²) in [6, 6.07) is 23.2. The number of ether oxygens (including phenoxy) is 1. The number of nitro groups is 1. The van der Waals surface area contributed by atoms with Crippen LogP contribution in [0.1, 0.15) is 26.3 Å². The summed E-state index contributed by atoms with van der Waals surface area (Å²) in [5.41, 5.74) is 0.147. The number of aromatic nitrogens is 1. The first-order valence-electron chi connectivity index (χ1n) is 20.8. The number of hydrogen-bond donors (Lipinski definition) is 5. The number of anilines is 1. The minimum Gasteiger partial charge on any atom is -0.483 e. The topological polar surface area (TPSA) is 239 Å². The van der Waals surface area contributed by atoms with Crippen molar-refractivity contribution < 1.29 is 42.4 Å². The van der Waals surface area contributed by atoms with Gasteiger partial charge in [-0.25, -0.2) is 8.42 Å². The van der Waals surface area contributed by atoms with E-state index in [4.69, 9.17) is 16.3 Å². The molecule has 0 radical (unpaired) electrons. The molecule has 0 spiro atoms. The largest absolute Gasteiger partial charge is 0.483 e. The van der Waals surface area contributed by atoms with E-state index in [2.05, 4.69) is 26.3 Å². The van der Waals surface area contributed by atoms with Crippen molar-refractivity contribution in [2.45, 2.75) is 66.8 Å². The fraction of sp³-hybridized carbons (Fsp3) is 0.326. The zero-order valence-electron chi connectivity index (χ0n) is 37.3. The summed E-state index contributed by atoms with van der Waals surface area (Å²) < 4.78 is 31.2. The first-order chi connectivity index (χ1) is 31.8. The number of sulfone groups is 1. The number of benzene rings is 4. The van der Waals surface area contributed by atoms with Crippen molar-refractivity contribution in [1.82, 2.24) is 25.8 Å². The Hall–Kier alpha value is -5.93. The average molecular weight is 995 g/mol. The Kier molecular flexibility index (Phi) is 18.4. The molecule has 1 aliphatic rings. The summed E-state index contributed by atoms with van der Waals surface area (Å²) in [5, 5.41) is 35.5. The van der Waals surface area contributed by atoms with Crippen LogP contribution in [0.5, 0.6) is 5.75 Å². The van der Waals surface area contributed by atoms with Gasteiger partial charge < -0.3 is 36.0 Å². The Morgan fingerprint density at radius 3 is 2.40 bits per heavy atom. The van der Waals surface area contributed by atoms with Gasteiger partial charge in [-0.1, -0.05) is 66.2 Å². The van der Waals surface area contributed by atoms with E-state index >= 15 is 0 Å². The van der Waals surface area contributed by atoms with Crippen LogP contribution in [-0.2, 0) is 35.4 Å². The molecular weight excluding hydrogens is 942 g/mol. The fourth-order valence-corrected chi connectivity index (χ4v) is 10.5. The molecule has 67 heavy (non-hydrogen) atoms. The van der Waals surface area contributed by atoms with Crippen molar-refractivity contribution in [3.05, 3.63) is 130 Å². The number of hydrogen-bond acceptors (Lipinski definition) is 14. The van der Waals surface area contributed by atoms with Crippen LogP contribution in [0.25, 0.3) is 10.8 Å². The maximum absolute atomic E-state index is 13.7. The van der Waals surface area contributed by atoms with Crippen LogP contribution in [0.15, 0.2) is 119 Å². The summed E-state index contributed by atoms with van der Waals surface area (Å²) in [6.45, 7) is 5.25.